The van der Waals surface area contributed by atoms with Crippen molar-refractivity contribution in [2.75, 3.05) is 13.1 Å². The van der Waals surface area contributed by atoms with Gasteiger partial charge in [-0.3, -0.25) is 9.69 Å². The molecule has 0 radical (unpaired) electrons. The van der Waals surface area contributed by atoms with Crippen LogP contribution in [0.1, 0.15) is 53.6 Å². The van der Waals surface area contributed by atoms with Gasteiger partial charge in [0.1, 0.15) is 0 Å². The molecule has 2 aromatic carbocycles. The predicted molar refractivity (Wildman–Crippen MR) is 112 cm³/mol. The third kappa shape index (κ3) is 4.98. The quantitative estimate of drug-likeness (QED) is 0.834. The number of carbonyl (C=O) groups is 1. The van der Waals surface area contributed by atoms with Gasteiger partial charge in [0.05, 0.1) is 6.04 Å². The molecule has 0 aromatic heterocycles. The highest BCUT2D eigenvalue weighted by Crippen LogP contribution is 2.23. The Hall–Kier alpha value is -2.13. The summed E-state index contributed by atoms with van der Waals surface area (Å²) in [5, 5.41) is 3.24. The van der Waals surface area contributed by atoms with E-state index in [1.54, 1.807) is 0 Å². The maximum atomic E-state index is 12.7. The fraction of sp³-hybridized carbons (Fsp3) is 0.458. The summed E-state index contributed by atoms with van der Waals surface area (Å²) in [6, 6.07) is 15.1. The smallest absolute Gasteiger partial charge is 0.223 e. The van der Waals surface area contributed by atoms with Crippen molar-refractivity contribution in [3.8, 4) is 0 Å². The van der Waals surface area contributed by atoms with Gasteiger partial charge in [0, 0.05) is 12.5 Å². The van der Waals surface area contributed by atoms with Crippen molar-refractivity contribution in [3.63, 3.8) is 0 Å². The number of carbonyl (C=O) groups excluding carboxylic acids is 1. The molecule has 0 aliphatic carbocycles. The van der Waals surface area contributed by atoms with Gasteiger partial charge in [-0.25, -0.2) is 0 Å². The summed E-state index contributed by atoms with van der Waals surface area (Å²) < 4.78 is 0. The zero-order valence-electron chi connectivity index (χ0n) is 17.1. The number of rotatable bonds is 5. The molecule has 0 unspecified atom stereocenters. The SMILES string of the molecule is Cc1ccc([C@H](C)NC(=O)C2CCN(Cc3ccccc3C)CC2)c(C)c1. The van der Waals surface area contributed by atoms with E-state index in [1.807, 2.05) is 0 Å². The maximum Gasteiger partial charge on any atom is 0.223 e. The van der Waals surface area contributed by atoms with Gasteiger partial charge >= 0.3 is 0 Å². The Labute approximate surface area is 163 Å². The number of aryl methyl sites for hydroxylation is 3. The molecule has 1 aliphatic rings. The first kappa shape index (κ1) is 19.6. The topological polar surface area (TPSA) is 32.3 Å². The average molecular weight is 365 g/mol. The molecule has 1 saturated heterocycles. The highest BCUT2D eigenvalue weighted by atomic mass is 16.1. The molecule has 1 heterocycles. The highest BCUT2D eigenvalue weighted by molar-refractivity contribution is 5.79. The number of nitrogens with one attached hydrogen (secondary N) is 1. The maximum absolute atomic E-state index is 12.7. The first-order chi connectivity index (χ1) is 12.9. The fourth-order valence-electron chi connectivity index (χ4n) is 4.10. The fourth-order valence-corrected chi connectivity index (χ4v) is 4.10. The van der Waals surface area contributed by atoms with Gasteiger partial charge < -0.3 is 5.32 Å². The minimum atomic E-state index is 0.0584. The molecule has 144 valence electrons. The molecular formula is C24H32N2O. The van der Waals surface area contributed by atoms with E-state index in [0.717, 1.165) is 32.5 Å². The Balaban J connectivity index is 1.51. The molecule has 1 amide bonds. The summed E-state index contributed by atoms with van der Waals surface area (Å²) in [5.74, 6) is 0.337. The highest BCUT2D eigenvalue weighted by Gasteiger charge is 2.26. The van der Waals surface area contributed by atoms with Crippen molar-refractivity contribution in [1.29, 1.82) is 0 Å². The third-order valence-corrected chi connectivity index (χ3v) is 5.86. The van der Waals surface area contributed by atoms with Crippen LogP contribution in [0.2, 0.25) is 0 Å². The van der Waals surface area contributed by atoms with E-state index in [0.29, 0.717) is 0 Å². The van der Waals surface area contributed by atoms with Crippen molar-refractivity contribution in [1.82, 2.24) is 10.2 Å². The van der Waals surface area contributed by atoms with Crippen LogP contribution in [0.15, 0.2) is 42.5 Å². The van der Waals surface area contributed by atoms with Gasteiger partial charge in [0.25, 0.3) is 0 Å². The minimum absolute atomic E-state index is 0.0584. The van der Waals surface area contributed by atoms with Gasteiger partial charge in [0.2, 0.25) is 5.91 Å². The van der Waals surface area contributed by atoms with E-state index in [9.17, 15) is 4.79 Å². The van der Waals surface area contributed by atoms with Crippen LogP contribution < -0.4 is 5.32 Å². The van der Waals surface area contributed by atoms with Crippen LogP contribution in [0.5, 0.6) is 0 Å². The van der Waals surface area contributed by atoms with E-state index >= 15 is 0 Å². The molecule has 1 aliphatic heterocycles. The molecule has 1 atom stereocenters. The van der Waals surface area contributed by atoms with Crippen molar-refractivity contribution in [2.45, 2.75) is 53.1 Å². The molecule has 27 heavy (non-hydrogen) atoms. The van der Waals surface area contributed by atoms with Crippen molar-refractivity contribution < 1.29 is 4.79 Å². The number of amides is 1. The predicted octanol–water partition coefficient (Wildman–Crippen LogP) is 4.70. The Kier molecular flexibility index (Phi) is 6.33. The number of benzene rings is 2. The molecule has 0 bridgehead atoms. The Morgan fingerprint density at radius 1 is 1.07 bits per heavy atom. The second kappa shape index (κ2) is 8.71. The Bertz CT molecular complexity index is 791. The summed E-state index contributed by atoms with van der Waals surface area (Å²) in [4.78, 5) is 15.2. The molecule has 2 aromatic rings. The van der Waals surface area contributed by atoms with Crippen molar-refractivity contribution in [2.24, 2.45) is 5.92 Å². The molecule has 3 nitrogen and oxygen atoms in total. The number of nitrogens with zero attached hydrogens (tertiary/aromatic N) is 1. The summed E-state index contributed by atoms with van der Waals surface area (Å²) in [6.45, 7) is 11.4. The monoisotopic (exact) mass is 364 g/mol. The molecule has 0 saturated carbocycles. The van der Waals surface area contributed by atoms with Crippen LogP contribution in [0, 0.1) is 26.7 Å². The summed E-state index contributed by atoms with van der Waals surface area (Å²) >= 11 is 0. The second-order valence-electron chi connectivity index (χ2n) is 8.07. The number of likely N-dealkylation sites (tertiary alicyclic amines) is 1. The first-order valence-electron chi connectivity index (χ1n) is 10.1. The zero-order valence-corrected chi connectivity index (χ0v) is 17.1. The van der Waals surface area contributed by atoms with E-state index < -0.39 is 0 Å². The van der Waals surface area contributed by atoms with Gasteiger partial charge in [-0.05, 0) is 75.9 Å². The van der Waals surface area contributed by atoms with E-state index in [-0.39, 0.29) is 17.9 Å². The summed E-state index contributed by atoms with van der Waals surface area (Å²) in [5.41, 5.74) is 6.46. The summed E-state index contributed by atoms with van der Waals surface area (Å²) in [7, 11) is 0. The molecule has 1 N–H and O–H groups in total. The molecule has 3 heteroatoms. The van der Waals surface area contributed by atoms with E-state index in [4.69, 9.17) is 0 Å². The molecule has 3 rings (SSSR count). The lowest BCUT2D eigenvalue weighted by molar-refractivity contribution is -0.127. The van der Waals surface area contributed by atoms with Gasteiger partial charge in [-0.2, -0.15) is 0 Å². The standard InChI is InChI=1S/C24H32N2O/c1-17-9-10-23(19(3)15-17)20(4)25-24(27)21-11-13-26(14-12-21)16-22-8-6-5-7-18(22)2/h5-10,15,20-21H,11-14,16H2,1-4H3,(H,25,27)/t20-/m0/s1. The lowest BCUT2D eigenvalue weighted by atomic mass is 9.94. The average Bonchev–Trinajstić information content (AvgIpc) is 2.64. The van der Waals surface area contributed by atoms with Crippen LogP contribution >= 0.6 is 0 Å². The van der Waals surface area contributed by atoms with Crippen LogP contribution in [0.3, 0.4) is 0 Å². The van der Waals surface area contributed by atoms with Gasteiger partial charge in [-0.15, -0.1) is 0 Å². The van der Waals surface area contributed by atoms with Crippen molar-refractivity contribution in [3.05, 3.63) is 70.3 Å². The molecular weight excluding hydrogens is 332 g/mol. The van der Waals surface area contributed by atoms with Crippen LogP contribution in [0.25, 0.3) is 0 Å². The van der Waals surface area contributed by atoms with Crippen LogP contribution in [-0.2, 0) is 11.3 Å². The number of piperidine rings is 1. The van der Waals surface area contributed by atoms with Gasteiger partial charge in [0.15, 0.2) is 0 Å². The van der Waals surface area contributed by atoms with Crippen LogP contribution in [-0.4, -0.2) is 23.9 Å². The lowest BCUT2D eigenvalue weighted by Gasteiger charge is -2.32. The van der Waals surface area contributed by atoms with Crippen LogP contribution in [0.4, 0.5) is 0 Å². The second-order valence-corrected chi connectivity index (χ2v) is 8.07. The van der Waals surface area contributed by atoms with E-state index in [2.05, 4.69) is 80.4 Å². The number of hydrogen-bond acceptors (Lipinski definition) is 2. The normalized spacial score (nSPS) is 16.9. The minimum Gasteiger partial charge on any atom is -0.349 e. The largest absolute Gasteiger partial charge is 0.349 e. The summed E-state index contributed by atoms with van der Waals surface area (Å²) in [6.07, 6.45) is 1.88. The first-order valence-corrected chi connectivity index (χ1v) is 10.1. The Morgan fingerprint density at radius 3 is 2.44 bits per heavy atom. The molecule has 1 fully saturated rings. The van der Waals surface area contributed by atoms with Crippen molar-refractivity contribution >= 4 is 5.91 Å². The Morgan fingerprint density at radius 2 is 1.78 bits per heavy atom. The number of hydrogen-bond donors (Lipinski definition) is 1. The van der Waals surface area contributed by atoms with E-state index in [1.165, 1.54) is 27.8 Å². The molecule has 0 spiro atoms. The van der Waals surface area contributed by atoms with Gasteiger partial charge in [-0.1, -0.05) is 48.0 Å². The third-order valence-electron chi connectivity index (χ3n) is 5.86. The zero-order chi connectivity index (χ0) is 19.4. The lowest BCUT2D eigenvalue weighted by Crippen LogP contribution is -2.41.